The molecule has 138 valence electrons. The Balaban J connectivity index is 1.98. The van der Waals surface area contributed by atoms with E-state index in [-0.39, 0.29) is 11.8 Å². The molecule has 2 rings (SSSR count). The maximum absolute atomic E-state index is 12.3. The minimum Gasteiger partial charge on any atom is -0.496 e. The van der Waals surface area contributed by atoms with Crippen LogP contribution >= 0.6 is 0 Å². The molecule has 0 bridgehead atoms. The van der Waals surface area contributed by atoms with Crippen LogP contribution < -0.4 is 15.4 Å². The number of benzene rings is 2. The van der Waals surface area contributed by atoms with Crippen molar-refractivity contribution < 1.29 is 14.3 Å². The first-order valence-electron chi connectivity index (χ1n) is 8.85. The Hall–Kier alpha value is -2.82. The fourth-order valence-electron chi connectivity index (χ4n) is 2.69. The fourth-order valence-corrected chi connectivity index (χ4v) is 2.69. The van der Waals surface area contributed by atoms with Gasteiger partial charge in [0.15, 0.2) is 0 Å². The summed E-state index contributed by atoms with van der Waals surface area (Å²) in [6.45, 7) is 4.58. The summed E-state index contributed by atoms with van der Waals surface area (Å²) in [6.07, 6.45) is 1.83. The van der Waals surface area contributed by atoms with E-state index in [1.54, 1.807) is 31.4 Å². The van der Waals surface area contributed by atoms with Gasteiger partial charge in [0.1, 0.15) is 5.75 Å². The van der Waals surface area contributed by atoms with Crippen molar-refractivity contribution in [3.8, 4) is 5.75 Å². The molecule has 0 spiro atoms. The lowest BCUT2D eigenvalue weighted by Gasteiger charge is -2.11. The van der Waals surface area contributed by atoms with Crippen molar-refractivity contribution >= 4 is 17.5 Å². The van der Waals surface area contributed by atoms with E-state index in [0.717, 1.165) is 23.3 Å². The fraction of sp³-hybridized carbons (Fsp3) is 0.333. The first kappa shape index (κ1) is 19.5. The highest BCUT2D eigenvalue weighted by atomic mass is 16.5. The average Bonchev–Trinajstić information content (AvgIpc) is 2.65. The predicted molar refractivity (Wildman–Crippen MR) is 104 cm³/mol. The molecule has 2 amide bonds. The van der Waals surface area contributed by atoms with E-state index in [9.17, 15) is 9.59 Å². The molecule has 0 aliphatic heterocycles. The van der Waals surface area contributed by atoms with E-state index >= 15 is 0 Å². The predicted octanol–water partition coefficient (Wildman–Crippen LogP) is 3.71. The smallest absolute Gasteiger partial charge is 0.253 e. The van der Waals surface area contributed by atoms with Gasteiger partial charge in [0.25, 0.3) is 5.91 Å². The average molecular weight is 354 g/mol. The van der Waals surface area contributed by atoms with Gasteiger partial charge in [0, 0.05) is 13.0 Å². The van der Waals surface area contributed by atoms with Crippen molar-refractivity contribution in [2.75, 3.05) is 19.0 Å². The quantitative estimate of drug-likeness (QED) is 0.759. The van der Waals surface area contributed by atoms with E-state index in [0.29, 0.717) is 30.6 Å². The number of anilines is 1. The second-order valence-electron chi connectivity index (χ2n) is 6.15. The number of para-hydroxylation sites is 1. The van der Waals surface area contributed by atoms with Crippen molar-refractivity contribution in [2.24, 2.45) is 0 Å². The van der Waals surface area contributed by atoms with Gasteiger partial charge in [-0.2, -0.15) is 0 Å². The van der Waals surface area contributed by atoms with Gasteiger partial charge < -0.3 is 15.4 Å². The highest BCUT2D eigenvalue weighted by molar-refractivity contribution is 6.03. The molecule has 26 heavy (non-hydrogen) atoms. The van der Waals surface area contributed by atoms with Crippen LogP contribution in [0.5, 0.6) is 5.75 Å². The third-order valence-electron chi connectivity index (χ3n) is 4.08. The van der Waals surface area contributed by atoms with Gasteiger partial charge in [0.2, 0.25) is 5.91 Å². The number of hydrogen-bond donors (Lipinski definition) is 2. The molecule has 0 fully saturated rings. The zero-order valence-electron chi connectivity index (χ0n) is 15.6. The number of methoxy groups -OCH3 is 1. The molecule has 0 saturated heterocycles. The SMILES string of the molecule is CCCNC(=O)c1ccccc1NC(=O)CCc1ccc(OC)c(C)c1. The molecule has 0 radical (unpaired) electrons. The van der Waals surface area contributed by atoms with Crippen LogP contribution in [0.3, 0.4) is 0 Å². The summed E-state index contributed by atoms with van der Waals surface area (Å²) in [5.41, 5.74) is 3.14. The number of carbonyl (C=O) groups is 2. The molecule has 5 heteroatoms. The lowest BCUT2D eigenvalue weighted by molar-refractivity contribution is -0.116. The first-order chi connectivity index (χ1) is 12.5. The molecule has 2 aromatic carbocycles. The summed E-state index contributed by atoms with van der Waals surface area (Å²) in [6, 6.07) is 13.0. The Morgan fingerprint density at radius 3 is 2.58 bits per heavy atom. The molecule has 0 atom stereocenters. The maximum atomic E-state index is 12.3. The number of aryl methyl sites for hydroxylation is 2. The summed E-state index contributed by atoms with van der Waals surface area (Å²) < 4.78 is 5.25. The summed E-state index contributed by atoms with van der Waals surface area (Å²) >= 11 is 0. The van der Waals surface area contributed by atoms with E-state index in [1.807, 2.05) is 32.0 Å². The van der Waals surface area contributed by atoms with Crippen LogP contribution in [0, 0.1) is 6.92 Å². The van der Waals surface area contributed by atoms with Crippen LogP contribution in [-0.2, 0) is 11.2 Å². The van der Waals surface area contributed by atoms with Crippen molar-refractivity contribution in [3.05, 3.63) is 59.2 Å². The summed E-state index contributed by atoms with van der Waals surface area (Å²) in [5, 5.41) is 5.69. The summed E-state index contributed by atoms with van der Waals surface area (Å²) in [7, 11) is 1.64. The zero-order chi connectivity index (χ0) is 18.9. The highest BCUT2D eigenvalue weighted by Crippen LogP contribution is 2.20. The lowest BCUT2D eigenvalue weighted by atomic mass is 10.1. The second-order valence-corrected chi connectivity index (χ2v) is 6.15. The molecular weight excluding hydrogens is 328 g/mol. The molecule has 2 N–H and O–H groups in total. The van der Waals surface area contributed by atoms with Crippen LogP contribution in [0.1, 0.15) is 41.3 Å². The normalized spacial score (nSPS) is 10.3. The van der Waals surface area contributed by atoms with Gasteiger partial charge in [-0.3, -0.25) is 9.59 Å². The van der Waals surface area contributed by atoms with Gasteiger partial charge in [-0.05, 0) is 49.1 Å². The molecular formula is C21H26N2O3. The molecule has 0 unspecified atom stereocenters. The molecule has 0 aliphatic carbocycles. The molecule has 5 nitrogen and oxygen atoms in total. The number of carbonyl (C=O) groups excluding carboxylic acids is 2. The van der Waals surface area contributed by atoms with Gasteiger partial charge in [0.05, 0.1) is 18.4 Å². The van der Waals surface area contributed by atoms with Crippen LogP contribution in [0.2, 0.25) is 0 Å². The topological polar surface area (TPSA) is 67.4 Å². The van der Waals surface area contributed by atoms with E-state index in [2.05, 4.69) is 10.6 Å². The lowest BCUT2D eigenvalue weighted by Crippen LogP contribution is -2.25. The molecule has 0 saturated carbocycles. The van der Waals surface area contributed by atoms with Gasteiger partial charge >= 0.3 is 0 Å². The number of hydrogen-bond acceptors (Lipinski definition) is 3. The van der Waals surface area contributed by atoms with E-state index in [4.69, 9.17) is 4.74 Å². The molecule has 0 aromatic heterocycles. The number of amides is 2. The van der Waals surface area contributed by atoms with Crippen LogP contribution in [0.15, 0.2) is 42.5 Å². The van der Waals surface area contributed by atoms with Crippen molar-refractivity contribution in [1.82, 2.24) is 5.32 Å². The third kappa shape index (κ3) is 5.34. The van der Waals surface area contributed by atoms with Gasteiger partial charge in [-0.15, -0.1) is 0 Å². The van der Waals surface area contributed by atoms with Gasteiger partial charge in [-0.25, -0.2) is 0 Å². The van der Waals surface area contributed by atoms with Crippen LogP contribution in [0.25, 0.3) is 0 Å². The van der Waals surface area contributed by atoms with E-state index < -0.39 is 0 Å². The largest absolute Gasteiger partial charge is 0.496 e. The number of ether oxygens (including phenoxy) is 1. The van der Waals surface area contributed by atoms with Crippen molar-refractivity contribution in [2.45, 2.75) is 33.1 Å². The van der Waals surface area contributed by atoms with Crippen molar-refractivity contribution in [3.63, 3.8) is 0 Å². The first-order valence-corrected chi connectivity index (χ1v) is 8.85. The second kappa shape index (κ2) is 9.61. The van der Waals surface area contributed by atoms with Crippen molar-refractivity contribution in [1.29, 1.82) is 0 Å². The standard InChI is InChI=1S/C21H26N2O3/c1-4-13-22-21(25)17-7-5-6-8-18(17)23-20(24)12-10-16-9-11-19(26-3)15(2)14-16/h5-9,11,14H,4,10,12-13H2,1-3H3,(H,22,25)(H,23,24). The maximum Gasteiger partial charge on any atom is 0.253 e. The Labute approximate surface area is 154 Å². The minimum absolute atomic E-state index is 0.116. The third-order valence-corrected chi connectivity index (χ3v) is 4.08. The molecule has 0 aliphatic rings. The zero-order valence-corrected chi connectivity index (χ0v) is 15.6. The Kier molecular flexibility index (Phi) is 7.21. The Bertz CT molecular complexity index is 772. The van der Waals surface area contributed by atoms with Crippen LogP contribution in [-0.4, -0.2) is 25.5 Å². The van der Waals surface area contributed by atoms with E-state index in [1.165, 1.54) is 0 Å². The summed E-state index contributed by atoms with van der Waals surface area (Å²) in [4.78, 5) is 24.5. The minimum atomic E-state index is -0.173. The molecule has 0 heterocycles. The summed E-state index contributed by atoms with van der Waals surface area (Å²) in [5.74, 6) is 0.549. The molecule has 2 aromatic rings. The Morgan fingerprint density at radius 2 is 1.88 bits per heavy atom. The highest BCUT2D eigenvalue weighted by Gasteiger charge is 2.12. The van der Waals surface area contributed by atoms with Gasteiger partial charge in [-0.1, -0.05) is 31.2 Å². The Morgan fingerprint density at radius 1 is 1.12 bits per heavy atom. The number of nitrogens with one attached hydrogen (secondary N) is 2. The number of rotatable bonds is 8. The van der Waals surface area contributed by atoms with Crippen LogP contribution in [0.4, 0.5) is 5.69 Å². The monoisotopic (exact) mass is 354 g/mol.